The summed E-state index contributed by atoms with van der Waals surface area (Å²) >= 11 is 0. The van der Waals surface area contributed by atoms with Gasteiger partial charge < -0.3 is 4.74 Å². The van der Waals surface area contributed by atoms with Gasteiger partial charge in [0, 0.05) is 7.11 Å². The van der Waals surface area contributed by atoms with E-state index in [1.807, 2.05) is 7.11 Å². The first-order valence-electron chi connectivity index (χ1n) is 8.92. The fraction of sp³-hybridized carbons (Fsp3) is 0.895. The molecule has 4 aliphatic rings. The number of hydrogen-bond acceptors (Lipinski definition) is 1. The maximum atomic E-state index is 5.65. The normalized spacial score (nSPS) is 54.1. The Morgan fingerprint density at radius 2 is 1.85 bits per heavy atom. The van der Waals surface area contributed by atoms with E-state index in [4.69, 9.17) is 4.74 Å². The predicted molar refractivity (Wildman–Crippen MR) is 82.4 cm³/mol. The second-order valence-corrected chi connectivity index (χ2v) is 8.29. The molecule has 112 valence electrons. The zero-order valence-electron chi connectivity index (χ0n) is 13.2. The van der Waals surface area contributed by atoms with E-state index in [1.54, 1.807) is 0 Å². The summed E-state index contributed by atoms with van der Waals surface area (Å²) in [7, 11) is 1.91. The molecule has 0 aromatic heterocycles. The molecule has 0 heterocycles. The summed E-state index contributed by atoms with van der Waals surface area (Å²) in [4.78, 5) is 0. The lowest BCUT2D eigenvalue weighted by Crippen LogP contribution is -2.47. The minimum atomic E-state index is 0.553. The minimum Gasteiger partial charge on any atom is -0.381 e. The van der Waals surface area contributed by atoms with E-state index in [9.17, 15) is 0 Å². The summed E-state index contributed by atoms with van der Waals surface area (Å²) in [5.41, 5.74) is 0.553. The Morgan fingerprint density at radius 1 is 1.00 bits per heavy atom. The number of rotatable bonds is 1. The van der Waals surface area contributed by atoms with Crippen molar-refractivity contribution < 1.29 is 4.74 Å². The third-order valence-electron chi connectivity index (χ3n) is 7.57. The van der Waals surface area contributed by atoms with Crippen molar-refractivity contribution in [2.24, 2.45) is 35.0 Å². The van der Waals surface area contributed by atoms with Crippen molar-refractivity contribution in [1.29, 1.82) is 0 Å². The van der Waals surface area contributed by atoms with Crippen molar-refractivity contribution in [2.45, 2.75) is 64.4 Å². The van der Waals surface area contributed by atoms with Crippen LogP contribution in [-0.4, -0.2) is 13.2 Å². The summed E-state index contributed by atoms with van der Waals surface area (Å²) in [5.74, 6) is 5.06. The minimum absolute atomic E-state index is 0.553. The molecule has 0 spiro atoms. The van der Waals surface area contributed by atoms with E-state index in [2.05, 4.69) is 19.1 Å². The lowest BCUT2D eigenvalue weighted by atomic mass is 9.50. The molecule has 3 fully saturated rings. The third-order valence-corrected chi connectivity index (χ3v) is 7.57. The van der Waals surface area contributed by atoms with Gasteiger partial charge >= 0.3 is 0 Å². The largest absolute Gasteiger partial charge is 0.381 e. The smallest absolute Gasteiger partial charge is 0.0574 e. The van der Waals surface area contributed by atoms with Gasteiger partial charge in [0.1, 0.15) is 0 Å². The van der Waals surface area contributed by atoms with Crippen LogP contribution in [0.5, 0.6) is 0 Å². The quantitative estimate of drug-likeness (QED) is 0.623. The van der Waals surface area contributed by atoms with Crippen LogP contribution in [0.3, 0.4) is 0 Å². The lowest BCUT2D eigenvalue weighted by molar-refractivity contribution is -0.0678. The second-order valence-electron chi connectivity index (χ2n) is 8.29. The summed E-state index contributed by atoms with van der Waals surface area (Å²) in [6, 6.07) is 0. The molecule has 0 aliphatic heterocycles. The molecular weight excluding hydrogens is 244 g/mol. The molecule has 0 N–H and O–H groups in total. The highest BCUT2D eigenvalue weighted by molar-refractivity contribution is 5.14. The predicted octanol–water partition coefficient (Wildman–Crippen LogP) is 4.82. The molecule has 0 aromatic carbocycles. The SMILES string of the molecule is COC1CC[C@H]2C(CC[C@@H]3[C@@H]2CC[C@]2(C)C=CC[C@@H]32)C1. The Morgan fingerprint density at radius 3 is 2.70 bits per heavy atom. The molecule has 0 amide bonds. The third kappa shape index (κ3) is 1.92. The van der Waals surface area contributed by atoms with Gasteiger partial charge in [-0.25, -0.2) is 0 Å². The van der Waals surface area contributed by atoms with Gasteiger partial charge in [0.2, 0.25) is 0 Å². The fourth-order valence-electron chi connectivity index (χ4n) is 6.51. The molecule has 4 aliphatic carbocycles. The van der Waals surface area contributed by atoms with Gasteiger partial charge in [0.05, 0.1) is 6.10 Å². The van der Waals surface area contributed by atoms with Crippen LogP contribution >= 0.6 is 0 Å². The zero-order chi connectivity index (χ0) is 13.7. The molecule has 0 aromatic rings. The van der Waals surface area contributed by atoms with Crippen LogP contribution in [0.25, 0.3) is 0 Å². The number of methoxy groups -OCH3 is 1. The first kappa shape index (κ1) is 13.4. The monoisotopic (exact) mass is 274 g/mol. The van der Waals surface area contributed by atoms with E-state index in [0.29, 0.717) is 11.5 Å². The van der Waals surface area contributed by atoms with Crippen LogP contribution < -0.4 is 0 Å². The highest BCUT2D eigenvalue weighted by atomic mass is 16.5. The van der Waals surface area contributed by atoms with Crippen molar-refractivity contribution in [3.8, 4) is 0 Å². The highest BCUT2D eigenvalue weighted by Crippen LogP contribution is 2.60. The van der Waals surface area contributed by atoms with Crippen molar-refractivity contribution in [1.82, 2.24) is 0 Å². The van der Waals surface area contributed by atoms with Crippen LogP contribution in [0, 0.1) is 35.0 Å². The molecule has 2 unspecified atom stereocenters. The molecule has 20 heavy (non-hydrogen) atoms. The lowest BCUT2D eigenvalue weighted by Gasteiger charge is -2.55. The molecule has 1 heteroatoms. The van der Waals surface area contributed by atoms with Crippen LogP contribution in [0.15, 0.2) is 12.2 Å². The Labute approximate surface area is 124 Å². The van der Waals surface area contributed by atoms with E-state index in [-0.39, 0.29) is 0 Å². The maximum Gasteiger partial charge on any atom is 0.0574 e. The Balaban J connectivity index is 1.53. The molecule has 4 rings (SSSR count). The Kier molecular flexibility index (Phi) is 3.25. The van der Waals surface area contributed by atoms with Gasteiger partial charge in [-0.15, -0.1) is 0 Å². The zero-order valence-corrected chi connectivity index (χ0v) is 13.2. The van der Waals surface area contributed by atoms with Gasteiger partial charge in [0.25, 0.3) is 0 Å². The second kappa shape index (κ2) is 4.87. The molecule has 0 saturated heterocycles. The molecular formula is C19H30O. The molecule has 0 bridgehead atoms. The topological polar surface area (TPSA) is 9.23 Å². The fourth-order valence-corrected chi connectivity index (χ4v) is 6.51. The van der Waals surface area contributed by atoms with E-state index >= 15 is 0 Å². The van der Waals surface area contributed by atoms with Crippen LogP contribution in [-0.2, 0) is 4.74 Å². The van der Waals surface area contributed by atoms with Gasteiger partial charge in [-0.2, -0.15) is 0 Å². The van der Waals surface area contributed by atoms with Gasteiger partial charge in [-0.05, 0) is 86.4 Å². The van der Waals surface area contributed by atoms with Crippen LogP contribution in [0.4, 0.5) is 0 Å². The van der Waals surface area contributed by atoms with Gasteiger partial charge in [0.15, 0.2) is 0 Å². The average Bonchev–Trinajstić information content (AvgIpc) is 2.88. The standard InChI is InChI=1S/C19H30O/c1-19-10-3-4-18(19)17-7-5-13-12-14(20-2)6-8-15(13)16(17)9-11-19/h3,10,13-18H,4-9,11-12H2,1-2H3/t13?,14?,15-,16+,17+,18-,19-/m0/s1. The van der Waals surface area contributed by atoms with Crippen LogP contribution in [0.2, 0.25) is 0 Å². The Bertz CT molecular complexity index is 401. The highest BCUT2D eigenvalue weighted by Gasteiger charge is 2.52. The van der Waals surface area contributed by atoms with Crippen molar-refractivity contribution in [2.75, 3.05) is 7.11 Å². The Hall–Kier alpha value is -0.300. The van der Waals surface area contributed by atoms with Crippen molar-refractivity contribution in [3.05, 3.63) is 12.2 Å². The van der Waals surface area contributed by atoms with E-state index in [1.165, 1.54) is 51.4 Å². The van der Waals surface area contributed by atoms with Crippen LogP contribution in [0.1, 0.15) is 58.3 Å². The molecule has 1 nitrogen and oxygen atoms in total. The molecule has 3 saturated carbocycles. The number of allylic oxidation sites excluding steroid dienone is 2. The van der Waals surface area contributed by atoms with Gasteiger partial charge in [-0.3, -0.25) is 0 Å². The van der Waals surface area contributed by atoms with Crippen molar-refractivity contribution >= 4 is 0 Å². The number of hydrogen-bond donors (Lipinski definition) is 0. The van der Waals surface area contributed by atoms with Crippen molar-refractivity contribution in [3.63, 3.8) is 0 Å². The van der Waals surface area contributed by atoms with Gasteiger partial charge in [-0.1, -0.05) is 19.1 Å². The first-order chi connectivity index (χ1) is 9.71. The maximum absolute atomic E-state index is 5.65. The summed E-state index contributed by atoms with van der Waals surface area (Å²) < 4.78 is 5.65. The van der Waals surface area contributed by atoms with E-state index in [0.717, 1.165) is 29.6 Å². The average molecular weight is 274 g/mol. The molecule has 7 atom stereocenters. The summed E-state index contributed by atoms with van der Waals surface area (Å²) in [6.45, 7) is 2.53. The number of fused-ring (bicyclic) bond motifs is 5. The first-order valence-corrected chi connectivity index (χ1v) is 8.92. The van der Waals surface area contributed by atoms with E-state index < -0.39 is 0 Å². The summed E-state index contributed by atoms with van der Waals surface area (Å²) in [6.07, 6.45) is 17.0. The number of ether oxygens (including phenoxy) is 1. The molecule has 0 radical (unpaired) electrons. The summed E-state index contributed by atoms with van der Waals surface area (Å²) in [5, 5.41) is 0.